The van der Waals surface area contributed by atoms with E-state index in [1.165, 1.54) is 6.33 Å². The molecule has 0 unspecified atom stereocenters. The van der Waals surface area contributed by atoms with E-state index in [1.54, 1.807) is 6.20 Å². The van der Waals surface area contributed by atoms with E-state index in [-0.39, 0.29) is 5.25 Å². The average Bonchev–Trinajstić information content (AvgIpc) is 3.24. The van der Waals surface area contributed by atoms with Gasteiger partial charge in [-0.25, -0.2) is 29.4 Å². The molecular weight excluding hydrogens is 388 g/mol. The van der Waals surface area contributed by atoms with Crippen molar-refractivity contribution >= 4 is 20.9 Å². The maximum absolute atomic E-state index is 13.4. The minimum atomic E-state index is -2.36. The Labute approximate surface area is 169 Å². The van der Waals surface area contributed by atoms with Gasteiger partial charge in [-0.1, -0.05) is 0 Å². The first-order valence-electron chi connectivity index (χ1n) is 9.73. The lowest BCUT2D eigenvalue weighted by molar-refractivity contribution is 0.0864. The molecule has 0 amide bonds. The summed E-state index contributed by atoms with van der Waals surface area (Å²) in [4.78, 5) is 15.4. The van der Waals surface area contributed by atoms with Crippen LogP contribution in [0.2, 0.25) is 0 Å². The molecule has 9 nitrogen and oxygen atoms in total. The van der Waals surface area contributed by atoms with Crippen LogP contribution in [-0.4, -0.2) is 64.7 Å². The van der Waals surface area contributed by atoms with E-state index < -0.39 is 15.5 Å². The molecule has 10 heteroatoms. The number of aromatic nitrogens is 5. The SMILES string of the molecule is [C-]#[N+]CC1(n2cc(-c3ncnc4[nH]ccc34)cn2)CN([S@@](=O)(=NCC)C2CC2)C1. The number of fused-ring (bicyclic) bond motifs is 1. The monoisotopic (exact) mass is 410 g/mol. The molecule has 3 aromatic heterocycles. The lowest BCUT2D eigenvalue weighted by Gasteiger charge is -2.47. The van der Waals surface area contributed by atoms with Gasteiger partial charge >= 0.3 is 0 Å². The van der Waals surface area contributed by atoms with Crippen molar-refractivity contribution in [2.24, 2.45) is 4.36 Å². The summed E-state index contributed by atoms with van der Waals surface area (Å²) >= 11 is 0. The molecule has 0 bridgehead atoms. The summed E-state index contributed by atoms with van der Waals surface area (Å²) in [6, 6.07) is 1.94. The Morgan fingerprint density at radius 1 is 1.41 bits per heavy atom. The van der Waals surface area contributed by atoms with Gasteiger partial charge in [-0.2, -0.15) is 5.10 Å². The Hall–Kier alpha value is -2.77. The molecule has 1 aliphatic heterocycles. The highest BCUT2D eigenvalue weighted by Gasteiger charge is 2.54. The standard InChI is InChI=1S/C19H22N8OS/c1-3-25-29(28,15-4-5-15)26-11-19(12-26,10-20-2)27-9-14(8-24-27)17-16-6-7-21-18(16)23-13-22-17/h6-9,13,15H,3-5,10-12H2,1H3,(H,21,22,23)/t29-/m0/s1. The van der Waals surface area contributed by atoms with E-state index >= 15 is 0 Å². The summed E-state index contributed by atoms with van der Waals surface area (Å²) in [5.41, 5.74) is 1.98. The fourth-order valence-electron chi connectivity index (χ4n) is 4.02. The minimum Gasteiger partial charge on any atom is -0.346 e. The van der Waals surface area contributed by atoms with Crippen LogP contribution in [0.25, 0.3) is 27.1 Å². The molecule has 2 fully saturated rings. The third-order valence-corrected chi connectivity index (χ3v) is 8.62. The lowest BCUT2D eigenvalue weighted by Crippen LogP contribution is -2.66. The first kappa shape index (κ1) is 18.3. The third-order valence-electron chi connectivity index (χ3n) is 5.65. The summed E-state index contributed by atoms with van der Waals surface area (Å²) in [5, 5.41) is 5.67. The van der Waals surface area contributed by atoms with Crippen molar-refractivity contribution in [2.45, 2.75) is 30.6 Å². The van der Waals surface area contributed by atoms with Crippen molar-refractivity contribution in [1.82, 2.24) is 29.0 Å². The molecule has 1 N–H and O–H groups in total. The van der Waals surface area contributed by atoms with Gasteiger partial charge in [0.05, 0.1) is 17.1 Å². The first-order valence-corrected chi connectivity index (χ1v) is 11.3. The number of nitrogens with zero attached hydrogens (tertiary/aromatic N) is 7. The summed E-state index contributed by atoms with van der Waals surface area (Å²) < 4.78 is 21.7. The van der Waals surface area contributed by atoms with Crippen LogP contribution in [0.3, 0.4) is 0 Å². The van der Waals surface area contributed by atoms with Crippen molar-refractivity contribution in [1.29, 1.82) is 0 Å². The number of hydrogen-bond donors (Lipinski definition) is 1. The van der Waals surface area contributed by atoms with Crippen LogP contribution in [0.5, 0.6) is 0 Å². The zero-order valence-corrected chi connectivity index (χ0v) is 17.0. The third kappa shape index (κ3) is 2.84. The molecule has 4 heterocycles. The summed E-state index contributed by atoms with van der Waals surface area (Å²) in [7, 11) is -2.36. The van der Waals surface area contributed by atoms with E-state index in [2.05, 4.69) is 29.3 Å². The molecule has 5 rings (SSSR count). The second kappa shape index (κ2) is 6.64. The van der Waals surface area contributed by atoms with Crippen molar-refractivity contribution in [3.63, 3.8) is 0 Å². The molecule has 1 aliphatic carbocycles. The zero-order chi connectivity index (χ0) is 20.1. The van der Waals surface area contributed by atoms with E-state index in [0.717, 1.165) is 35.1 Å². The van der Waals surface area contributed by atoms with Crippen LogP contribution in [-0.2, 0) is 15.5 Å². The van der Waals surface area contributed by atoms with Crippen molar-refractivity contribution in [3.05, 3.63) is 42.4 Å². The van der Waals surface area contributed by atoms with Crippen molar-refractivity contribution in [3.8, 4) is 11.3 Å². The average molecular weight is 411 g/mol. The number of H-pyrrole nitrogens is 1. The van der Waals surface area contributed by atoms with Gasteiger partial charge in [-0.05, 0) is 25.8 Å². The van der Waals surface area contributed by atoms with Gasteiger partial charge in [0.25, 0.3) is 0 Å². The largest absolute Gasteiger partial charge is 0.346 e. The molecule has 0 spiro atoms. The predicted octanol–water partition coefficient (Wildman–Crippen LogP) is 2.32. The Bertz CT molecular complexity index is 1220. The van der Waals surface area contributed by atoms with E-state index in [1.807, 2.05) is 34.4 Å². The smallest absolute Gasteiger partial charge is 0.242 e. The summed E-state index contributed by atoms with van der Waals surface area (Å²) in [5.74, 6) is 0. The van der Waals surface area contributed by atoms with Crippen LogP contribution in [0.15, 0.2) is 35.3 Å². The lowest BCUT2D eigenvalue weighted by atomic mass is 9.92. The maximum Gasteiger partial charge on any atom is 0.242 e. The highest BCUT2D eigenvalue weighted by molar-refractivity contribution is 7.92. The molecule has 2 aliphatic rings. The molecule has 0 aromatic carbocycles. The van der Waals surface area contributed by atoms with Crippen LogP contribution in [0, 0.1) is 6.57 Å². The van der Waals surface area contributed by atoms with Crippen LogP contribution >= 0.6 is 0 Å². The normalized spacial score (nSPS) is 20.7. The molecule has 3 aromatic rings. The minimum absolute atomic E-state index is 0.171. The van der Waals surface area contributed by atoms with E-state index in [4.69, 9.17) is 6.57 Å². The Balaban J connectivity index is 1.47. The van der Waals surface area contributed by atoms with Crippen molar-refractivity contribution in [2.75, 3.05) is 26.2 Å². The summed E-state index contributed by atoms with van der Waals surface area (Å²) in [6.07, 6.45) is 9.03. The molecule has 0 radical (unpaired) electrons. The number of aromatic amines is 1. The van der Waals surface area contributed by atoms with Gasteiger partial charge in [-0.3, -0.25) is 4.68 Å². The second-order valence-corrected chi connectivity index (χ2v) is 10.2. The van der Waals surface area contributed by atoms with Gasteiger partial charge < -0.3 is 9.83 Å². The molecular formula is C19H22N8OS. The van der Waals surface area contributed by atoms with Crippen LogP contribution in [0.4, 0.5) is 0 Å². The highest BCUT2D eigenvalue weighted by Crippen LogP contribution is 2.40. The molecule has 1 saturated carbocycles. The highest BCUT2D eigenvalue weighted by atomic mass is 32.2. The number of rotatable bonds is 6. The van der Waals surface area contributed by atoms with E-state index in [0.29, 0.717) is 26.2 Å². The molecule has 29 heavy (non-hydrogen) atoms. The number of hydrogen-bond acceptors (Lipinski definition) is 5. The quantitative estimate of drug-likeness (QED) is 0.631. The fraction of sp³-hybridized carbons (Fsp3) is 0.474. The fourth-order valence-corrected chi connectivity index (χ4v) is 6.79. The van der Waals surface area contributed by atoms with Gasteiger partial charge in [0.15, 0.2) is 5.54 Å². The van der Waals surface area contributed by atoms with Crippen molar-refractivity contribution < 1.29 is 4.21 Å². The Morgan fingerprint density at radius 2 is 2.24 bits per heavy atom. The zero-order valence-electron chi connectivity index (χ0n) is 16.2. The Kier molecular flexibility index (Phi) is 4.18. The van der Waals surface area contributed by atoms with E-state index in [9.17, 15) is 4.21 Å². The van der Waals surface area contributed by atoms with Crippen LogP contribution < -0.4 is 0 Å². The van der Waals surface area contributed by atoms with Gasteiger partial charge in [0.1, 0.15) is 21.9 Å². The van der Waals surface area contributed by atoms with Gasteiger partial charge in [0, 0.05) is 43.0 Å². The van der Waals surface area contributed by atoms with Gasteiger partial charge in [0.2, 0.25) is 6.54 Å². The molecule has 150 valence electrons. The molecule has 1 saturated heterocycles. The topological polar surface area (TPSA) is 96.4 Å². The maximum atomic E-state index is 13.4. The Morgan fingerprint density at radius 3 is 2.97 bits per heavy atom. The second-order valence-electron chi connectivity index (χ2n) is 7.66. The summed E-state index contributed by atoms with van der Waals surface area (Å²) in [6.45, 7) is 11.3. The van der Waals surface area contributed by atoms with Gasteiger partial charge in [-0.15, -0.1) is 0 Å². The predicted molar refractivity (Wildman–Crippen MR) is 110 cm³/mol. The number of nitrogens with one attached hydrogen (secondary N) is 1. The molecule has 1 atom stereocenters. The van der Waals surface area contributed by atoms with Crippen LogP contribution in [0.1, 0.15) is 19.8 Å². The first-order chi connectivity index (χ1) is 14.1.